The Bertz CT molecular complexity index is 353. The van der Waals surface area contributed by atoms with Crippen LogP contribution in [0.2, 0.25) is 0 Å². The van der Waals surface area contributed by atoms with Crippen LogP contribution in [-0.4, -0.2) is 23.3 Å². The minimum Gasteiger partial charge on any atom is -0.282 e. The van der Waals surface area contributed by atoms with Gasteiger partial charge in [-0.2, -0.15) is 0 Å². The van der Waals surface area contributed by atoms with Crippen LogP contribution in [0.4, 0.5) is 0 Å². The van der Waals surface area contributed by atoms with E-state index in [4.69, 9.17) is 0 Å². The first-order chi connectivity index (χ1) is 9.17. The van der Waals surface area contributed by atoms with Gasteiger partial charge in [0, 0.05) is 6.54 Å². The number of imide groups is 1. The van der Waals surface area contributed by atoms with Crippen molar-refractivity contribution in [2.75, 3.05) is 6.54 Å². The summed E-state index contributed by atoms with van der Waals surface area (Å²) in [7, 11) is 0. The molecule has 2 amide bonds. The van der Waals surface area contributed by atoms with Crippen molar-refractivity contribution in [2.24, 2.45) is 11.3 Å². The zero-order valence-corrected chi connectivity index (χ0v) is 12.4. The molecule has 1 aliphatic carbocycles. The SMILES string of the molecule is CCCCCCC12CCCCC1C(=O)N(CC)C2=O. The summed E-state index contributed by atoms with van der Waals surface area (Å²) in [6, 6.07) is 0. The molecule has 2 fully saturated rings. The third-order valence-corrected chi connectivity index (χ3v) is 5.06. The lowest BCUT2D eigenvalue weighted by molar-refractivity contribution is -0.141. The van der Waals surface area contributed by atoms with Crippen LogP contribution < -0.4 is 0 Å². The summed E-state index contributed by atoms with van der Waals surface area (Å²) in [4.78, 5) is 26.6. The first-order valence-corrected chi connectivity index (χ1v) is 8.03. The zero-order chi connectivity index (χ0) is 13.9. The Morgan fingerprint density at radius 3 is 2.63 bits per heavy atom. The molecule has 1 heterocycles. The maximum absolute atomic E-state index is 12.7. The fourth-order valence-corrected chi connectivity index (χ4v) is 3.99. The third kappa shape index (κ3) is 2.44. The molecule has 3 nitrogen and oxygen atoms in total. The summed E-state index contributed by atoms with van der Waals surface area (Å²) >= 11 is 0. The van der Waals surface area contributed by atoms with E-state index in [0.29, 0.717) is 6.54 Å². The highest BCUT2D eigenvalue weighted by Crippen LogP contribution is 2.51. The monoisotopic (exact) mass is 265 g/mol. The van der Waals surface area contributed by atoms with Crippen LogP contribution in [0, 0.1) is 11.3 Å². The average molecular weight is 265 g/mol. The van der Waals surface area contributed by atoms with E-state index in [0.717, 1.165) is 38.5 Å². The molecular formula is C16H27NO2. The molecule has 2 aliphatic rings. The summed E-state index contributed by atoms with van der Waals surface area (Å²) in [5.41, 5.74) is -0.320. The van der Waals surface area contributed by atoms with Crippen molar-refractivity contribution < 1.29 is 9.59 Å². The molecule has 1 saturated heterocycles. The first kappa shape index (κ1) is 14.5. The maximum atomic E-state index is 12.7. The summed E-state index contributed by atoms with van der Waals surface area (Å²) in [5, 5.41) is 0. The van der Waals surface area contributed by atoms with Crippen LogP contribution >= 0.6 is 0 Å². The number of likely N-dealkylation sites (tertiary alicyclic amines) is 1. The van der Waals surface area contributed by atoms with Gasteiger partial charge in [-0.1, -0.05) is 45.4 Å². The lowest BCUT2D eigenvalue weighted by Gasteiger charge is -2.35. The van der Waals surface area contributed by atoms with E-state index in [-0.39, 0.29) is 23.1 Å². The van der Waals surface area contributed by atoms with E-state index in [2.05, 4.69) is 6.92 Å². The molecule has 0 radical (unpaired) electrons. The Hall–Kier alpha value is -0.860. The van der Waals surface area contributed by atoms with Crippen molar-refractivity contribution in [2.45, 2.75) is 71.6 Å². The molecule has 2 atom stereocenters. The Labute approximate surface area is 116 Å². The number of amides is 2. The van der Waals surface area contributed by atoms with Gasteiger partial charge in [-0.15, -0.1) is 0 Å². The van der Waals surface area contributed by atoms with E-state index in [1.54, 1.807) is 0 Å². The van der Waals surface area contributed by atoms with Crippen molar-refractivity contribution >= 4 is 11.8 Å². The van der Waals surface area contributed by atoms with Crippen molar-refractivity contribution in [3.05, 3.63) is 0 Å². The van der Waals surface area contributed by atoms with Crippen molar-refractivity contribution in [1.29, 1.82) is 0 Å². The number of carbonyl (C=O) groups is 2. The third-order valence-electron chi connectivity index (χ3n) is 5.06. The standard InChI is InChI=1S/C16H27NO2/c1-3-5-6-8-11-16-12-9-7-10-13(16)14(18)17(4-2)15(16)19/h13H,3-12H2,1-2H3. The second kappa shape index (κ2) is 6.06. The molecule has 0 bridgehead atoms. The van der Waals surface area contributed by atoms with Crippen molar-refractivity contribution in [3.8, 4) is 0 Å². The molecule has 0 aromatic heterocycles. The Balaban J connectivity index is 2.12. The molecule has 19 heavy (non-hydrogen) atoms. The van der Waals surface area contributed by atoms with E-state index >= 15 is 0 Å². The van der Waals surface area contributed by atoms with Crippen LogP contribution in [-0.2, 0) is 9.59 Å². The Morgan fingerprint density at radius 1 is 1.16 bits per heavy atom. The topological polar surface area (TPSA) is 37.4 Å². The second-order valence-electron chi connectivity index (χ2n) is 6.15. The number of nitrogens with zero attached hydrogens (tertiary/aromatic N) is 1. The molecule has 0 spiro atoms. The lowest BCUT2D eigenvalue weighted by atomic mass is 9.65. The Morgan fingerprint density at radius 2 is 1.95 bits per heavy atom. The van der Waals surface area contributed by atoms with Gasteiger partial charge in [0.1, 0.15) is 0 Å². The molecule has 0 N–H and O–H groups in total. The van der Waals surface area contributed by atoms with Gasteiger partial charge < -0.3 is 0 Å². The highest BCUT2D eigenvalue weighted by atomic mass is 16.2. The van der Waals surface area contributed by atoms with E-state index in [1.165, 1.54) is 24.2 Å². The van der Waals surface area contributed by atoms with Gasteiger partial charge in [-0.3, -0.25) is 14.5 Å². The number of unbranched alkanes of at least 4 members (excludes halogenated alkanes) is 3. The molecule has 108 valence electrons. The number of hydrogen-bond acceptors (Lipinski definition) is 2. The van der Waals surface area contributed by atoms with Gasteiger partial charge in [-0.05, 0) is 26.2 Å². The first-order valence-electron chi connectivity index (χ1n) is 8.03. The normalized spacial score (nSPS) is 30.8. The molecule has 3 heteroatoms. The van der Waals surface area contributed by atoms with Gasteiger partial charge in [-0.25, -0.2) is 0 Å². The highest BCUT2D eigenvalue weighted by molar-refractivity contribution is 6.07. The molecule has 2 rings (SSSR count). The maximum Gasteiger partial charge on any atom is 0.236 e. The van der Waals surface area contributed by atoms with Gasteiger partial charge in [0.15, 0.2) is 0 Å². The van der Waals surface area contributed by atoms with Gasteiger partial charge in [0.05, 0.1) is 11.3 Å². The minimum absolute atomic E-state index is 0.00433. The average Bonchev–Trinajstić information content (AvgIpc) is 2.64. The lowest BCUT2D eigenvalue weighted by Crippen LogP contribution is -2.38. The number of hydrogen-bond donors (Lipinski definition) is 0. The summed E-state index contributed by atoms with van der Waals surface area (Å²) in [5.74, 6) is 0.249. The van der Waals surface area contributed by atoms with Gasteiger partial charge in [0.2, 0.25) is 11.8 Å². The smallest absolute Gasteiger partial charge is 0.236 e. The molecular weight excluding hydrogens is 238 g/mol. The number of carbonyl (C=O) groups excluding carboxylic acids is 2. The van der Waals surface area contributed by atoms with Crippen LogP contribution in [0.15, 0.2) is 0 Å². The number of fused-ring (bicyclic) bond motifs is 1. The van der Waals surface area contributed by atoms with Crippen LogP contribution in [0.1, 0.15) is 71.6 Å². The minimum atomic E-state index is -0.320. The molecule has 0 aromatic rings. The van der Waals surface area contributed by atoms with E-state index in [9.17, 15) is 9.59 Å². The van der Waals surface area contributed by atoms with Crippen LogP contribution in [0.3, 0.4) is 0 Å². The van der Waals surface area contributed by atoms with Crippen LogP contribution in [0.5, 0.6) is 0 Å². The molecule has 1 saturated carbocycles. The predicted octanol–water partition coefficient (Wildman–Crippen LogP) is 3.52. The quantitative estimate of drug-likeness (QED) is 0.544. The highest BCUT2D eigenvalue weighted by Gasteiger charge is 2.58. The Kier molecular flexibility index (Phi) is 4.64. The molecule has 2 unspecified atom stereocenters. The van der Waals surface area contributed by atoms with Gasteiger partial charge in [0.25, 0.3) is 0 Å². The van der Waals surface area contributed by atoms with Crippen molar-refractivity contribution in [1.82, 2.24) is 4.90 Å². The molecule has 1 aliphatic heterocycles. The largest absolute Gasteiger partial charge is 0.282 e. The van der Waals surface area contributed by atoms with Crippen LogP contribution in [0.25, 0.3) is 0 Å². The fraction of sp³-hybridized carbons (Fsp3) is 0.875. The fourth-order valence-electron chi connectivity index (χ4n) is 3.99. The zero-order valence-electron chi connectivity index (χ0n) is 12.4. The molecule has 0 aromatic carbocycles. The van der Waals surface area contributed by atoms with E-state index in [1.807, 2.05) is 6.92 Å². The second-order valence-corrected chi connectivity index (χ2v) is 6.15. The summed E-state index contributed by atoms with van der Waals surface area (Å²) in [6.07, 6.45) is 9.75. The predicted molar refractivity (Wildman–Crippen MR) is 75.5 cm³/mol. The number of rotatable bonds is 6. The van der Waals surface area contributed by atoms with Gasteiger partial charge >= 0.3 is 0 Å². The van der Waals surface area contributed by atoms with Crippen molar-refractivity contribution in [3.63, 3.8) is 0 Å². The summed E-state index contributed by atoms with van der Waals surface area (Å²) < 4.78 is 0. The van der Waals surface area contributed by atoms with E-state index < -0.39 is 0 Å². The summed E-state index contributed by atoms with van der Waals surface area (Å²) in [6.45, 7) is 4.66.